The Labute approximate surface area is 120 Å². The highest BCUT2D eigenvalue weighted by molar-refractivity contribution is 6.30. The zero-order chi connectivity index (χ0) is 15.6. The topological polar surface area (TPSA) is 131 Å². The quantitative estimate of drug-likeness (QED) is 0.394. The number of aliphatic hydroxyl groups is 2. The minimum absolute atomic E-state index is 0.220. The molecule has 1 unspecified atom stereocenters. The number of carbonyl (C=O) groups excluding carboxylic acids is 3. The van der Waals surface area contributed by atoms with Gasteiger partial charge in [0.1, 0.15) is 12.1 Å². The zero-order valence-electron chi connectivity index (χ0n) is 11.4. The number of nitrogens with one attached hydrogen (secondary N) is 1. The van der Waals surface area contributed by atoms with Crippen LogP contribution in [0, 0.1) is 0 Å². The van der Waals surface area contributed by atoms with Crippen LogP contribution in [0.15, 0.2) is 0 Å². The number of amides is 1. The van der Waals surface area contributed by atoms with Crippen LogP contribution >= 0.6 is 0 Å². The third kappa shape index (κ3) is 3.14. The molecule has 2 rings (SSSR count). The molecule has 2 heterocycles. The molecule has 21 heavy (non-hydrogen) atoms. The van der Waals surface area contributed by atoms with Gasteiger partial charge in [0.25, 0.3) is 0 Å². The Morgan fingerprint density at radius 3 is 2.43 bits per heavy atom. The fraction of sp³-hybridized carbons (Fsp3) is 0.750. The fourth-order valence-electron chi connectivity index (χ4n) is 2.33. The Hall–Kier alpha value is -1.71. The van der Waals surface area contributed by atoms with Crippen LogP contribution < -0.4 is 5.32 Å². The maximum atomic E-state index is 11.7. The third-order valence-corrected chi connectivity index (χ3v) is 3.30. The number of hydrogen-bond acceptors (Lipinski definition) is 8. The normalized spacial score (nSPS) is 35.5. The van der Waals surface area contributed by atoms with Gasteiger partial charge < -0.3 is 29.7 Å². The first-order valence-electron chi connectivity index (χ1n) is 6.63. The molecule has 0 radical (unpaired) electrons. The van der Waals surface area contributed by atoms with Gasteiger partial charge in [-0.1, -0.05) is 6.92 Å². The van der Waals surface area contributed by atoms with Gasteiger partial charge >= 0.3 is 11.9 Å². The number of esters is 2. The van der Waals surface area contributed by atoms with Crippen molar-refractivity contribution in [3.63, 3.8) is 0 Å². The van der Waals surface area contributed by atoms with Gasteiger partial charge in [0.05, 0.1) is 6.61 Å². The monoisotopic (exact) mass is 303 g/mol. The van der Waals surface area contributed by atoms with E-state index in [1.165, 1.54) is 0 Å². The number of rotatable bonds is 4. The summed E-state index contributed by atoms with van der Waals surface area (Å²) in [5.41, 5.74) is 0. The Morgan fingerprint density at radius 2 is 1.86 bits per heavy atom. The van der Waals surface area contributed by atoms with Crippen LogP contribution in [-0.2, 0) is 28.6 Å². The molecule has 0 spiro atoms. The molecule has 0 bridgehead atoms. The minimum Gasteiger partial charge on any atom is -0.447 e. The van der Waals surface area contributed by atoms with Crippen LogP contribution in [-0.4, -0.2) is 65.3 Å². The predicted octanol–water partition coefficient (Wildman–Crippen LogP) is -2.18. The second kappa shape index (κ2) is 6.37. The molecule has 3 N–H and O–H groups in total. The van der Waals surface area contributed by atoms with E-state index in [0.717, 1.165) is 0 Å². The van der Waals surface area contributed by atoms with Gasteiger partial charge in [-0.25, -0.2) is 9.59 Å². The van der Waals surface area contributed by atoms with Crippen molar-refractivity contribution >= 4 is 17.8 Å². The Bertz CT molecular complexity index is 439. The number of ether oxygens (including phenoxy) is 3. The lowest BCUT2D eigenvalue weighted by molar-refractivity contribution is -0.275. The van der Waals surface area contributed by atoms with E-state index in [1.54, 1.807) is 6.92 Å². The third-order valence-electron chi connectivity index (χ3n) is 3.30. The maximum absolute atomic E-state index is 11.7. The lowest BCUT2D eigenvalue weighted by Crippen LogP contribution is -2.68. The fourth-order valence-corrected chi connectivity index (χ4v) is 2.33. The predicted molar refractivity (Wildman–Crippen MR) is 64.6 cm³/mol. The van der Waals surface area contributed by atoms with Crippen molar-refractivity contribution in [3.8, 4) is 0 Å². The van der Waals surface area contributed by atoms with Gasteiger partial charge in [-0.05, 0) is 6.42 Å². The first-order valence-corrected chi connectivity index (χ1v) is 6.63. The highest BCUT2D eigenvalue weighted by Crippen LogP contribution is 2.28. The summed E-state index contributed by atoms with van der Waals surface area (Å²) in [6.07, 6.45) is -3.92. The molecule has 9 heteroatoms. The first kappa shape index (κ1) is 15.7. The molecular weight excluding hydrogens is 286 g/mol. The zero-order valence-corrected chi connectivity index (χ0v) is 11.4. The van der Waals surface area contributed by atoms with Gasteiger partial charge in [0, 0.05) is 6.42 Å². The molecular formula is C12H17NO8. The number of hydrogen-bond donors (Lipinski definition) is 3. The molecule has 0 aliphatic carbocycles. The Kier molecular flexibility index (Phi) is 4.76. The van der Waals surface area contributed by atoms with E-state index in [0.29, 0.717) is 6.42 Å². The van der Waals surface area contributed by atoms with Crippen molar-refractivity contribution in [1.82, 2.24) is 5.32 Å². The molecule has 0 aromatic rings. The standard InChI is InChI=1S/C12H17NO8/c1-2-3-6(15)13-7-9-8(5(4-14)19-10(7)16)20-11(17)12(18)21-9/h5,7-10,14,16H,2-4H2,1H3,(H,13,15)/t5-,7-,8-,9-,10?/m1/s1. The largest absolute Gasteiger partial charge is 0.447 e. The molecule has 0 aromatic carbocycles. The molecule has 1 amide bonds. The molecule has 0 saturated carbocycles. The molecule has 2 fully saturated rings. The van der Waals surface area contributed by atoms with Crippen molar-refractivity contribution in [2.75, 3.05) is 6.61 Å². The van der Waals surface area contributed by atoms with Crippen molar-refractivity contribution in [2.45, 2.75) is 50.4 Å². The molecule has 5 atom stereocenters. The van der Waals surface area contributed by atoms with E-state index < -0.39 is 49.2 Å². The van der Waals surface area contributed by atoms with E-state index in [-0.39, 0.29) is 12.3 Å². The van der Waals surface area contributed by atoms with Crippen LogP contribution in [0.5, 0.6) is 0 Å². The van der Waals surface area contributed by atoms with E-state index in [9.17, 15) is 24.6 Å². The summed E-state index contributed by atoms with van der Waals surface area (Å²) in [5.74, 6) is -2.77. The van der Waals surface area contributed by atoms with Gasteiger partial charge in [-0.2, -0.15) is 0 Å². The minimum atomic E-state index is -1.49. The highest BCUT2D eigenvalue weighted by Gasteiger charge is 2.53. The van der Waals surface area contributed by atoms with Crippen molar-refractivity contribution in [3.05, 3.63) is 0 Å². The van der Waals surface area contributed by atoms with Crippen molar-refractivity contribution < 1.29 is 38.8 Å². The molecule has 2 saturated heterocycles. The molecule has 9 nitrogen and oxygen atoms in total. The summed E-state index contributed by atoms with van der Waals surface area (Å²) in [5, 5.41) is 21.6. The smallest absolute Gasteiger partial charge is 0.418 e. The van der Waals surface area contributed by atoms with E-state index in [2.05, 4.69) is 5.32 Å². The molecule has 2 aliphatic heterocycles. The lowest BCUT2D eigenvalue weighted by atomic mass is 9.95. The second-order valence-electron chi connectivity index (χ2n) is 4.83. The Balaban J connectivity index is 2.18. The summed E-state index contributed by atoms with van der Waals surface area (Å²) in [7, 11) is 0. The van der Waals surface area contributed by atoms with Gasteiger partial charge in [-0.3, -0.25) is 4.79 Å². The average molecular weight is 303 g/mol. The summed E-state index contributed by atoms with van der Waals surface area (Å²) in [4.78, 5) is 34.2. The summed E-state index contributed by atoms with van der Waals surface area (Å²) >= 11 is 0. The molecule has 118 valence electrons. The molecule has 0 aromatic heterocycles. The van der Waals surface area contributed by atoms with Gasteiger partial charge in [0.15, 0.2) is 18.5 Å². The average Bonchev–Trinajstić information content (AvgIpc) is 2.44. The van der Waals surface area contributed by atoms with Crippen LogP contribution in [0.1, 0.15) is 19.8 Å². The van der Waals surface area contributed by atoms with E-state index in [1.807, 2.05) is 0 Å². The summed E-state index contributed by atoms with van der Waals surface area (Å²) < 4.78 is 14.9. The van der Waals surface area contributed by atoms with Gasteiger partial charge in [0.2, 0.25) is 5.91 Å². The number of carbonyl (C=O) groups is 3. The van der Waals surface area contributed by atoms with Crippen LogP contribution in [0.3, 0.4) is 0 Å². The molecule has 2 aliphatic rings. The SMILES string of the molecule is CCCC(=O)N[C@H]1C(O)O[C@H](CO)[C@H]2OC(=O)C(=O)O[C@@H]21. The van der Waals surface area contributed by atoms with Crippen LogP contribution in [0.2, 0.25) is 0 Å². The first-order chi connectivity index (χ1) is 9.97. The van der Waals surface area contributed by atoms with Crippen molar-refractivity contribution in [1.29, 1.82) is 0 Å². The second-order valence-corrected chi connectivity index (χ2v) is 4.83. The van der Waals surface area contributed by atoms with Crippen LogP contribution in [0.25, 0.3) is 0 Å². The Morgan fingerprint density at radius 1 is 1.24 bits per heavy atom. The highest BCUT2D eigenvalue weighted by atomic mass is 16.7. The van der Waals surface area contributed by atoms with E-state index in [4.69, 9.17) is 14.2 Å². The van der Waals surface area contributed by atoms with Gasteiger partial charge in [-0.15, -0.1) is 0 Å². The van der Waals surface area contributed by atoms with Crippen molar-refractivity contribution in [2.24, 2.45) is 0 Å². The number of aliphatic hydroxyl groups excluding tert-OH is 2. The van der Waals surface area contributed by atoms with E-state index >= 15 is 0 Å². The maximum Gasteiger partial charge on any atom is 0.418 e. The lowest BCUT2D eigenvalue weighted by Gasteiger charge is -2.45. The number of fused-ring (bicyclic) bond motifs is 1. The van der Waals surface area contributed by atoms with Crippen LogP contribution in [0.4, 0.5) is 0 Å². The summed E-state index contributed by atoms with van der Waals surface area (Å²) in [6.45, 7) is 1.26. The summed E-state index contributed by atoms with van der Waals surface area (Å²) in [6, 6.07) is -1.08.